The molecular formula is C24H30N4O3. The van der Waals surface area contributed by atoms with Crippen LogP contribution in [0.3, 0.4) is 0 Å². The first-order valence-electron chi connectivity index (χ1n) is 10.8. The summed E-state index contributed by atoms with van der Waals surface area (Å²) < 4.78 is 1.85. The molecule has 1 fully saturated rings. The number of anilines is 1. The number of nitrogens with zero attached hydrogens (tertiary/aromatic N) is 4. The number of fused-ring (bicyclic) bond motifs is 1. The van der Waals surface area contributed by atoms with Gasteiger partial charge in [0.05, 0.1) is 23.4 Å². The first kappa shape index (κ1) is 21.5. The summed E-state index contributed by atoms with van der Waals surface area (Å²) >= 11 is 0. The number of carbonyl (C=O) groups is 1. The number of benzene rings is 1. The summed E-state index contributed by atoms with van der Waals surface area (Å²) in [4.78, 5) is 19.9. The minimum absolute atomic E-state index is 0.0136. The maximum atomic E-state index is 12.9. The number of hydrogen-bond acceptors (Lipinski definition) is 6. The van der Waals surface area contributed by atoms with Crippen molar-refractivity contribution in [2.24, 2.45) is 5.92 Å². The zero-order valence-electron chi connectivity index (χ0n) is 18.4. The second-order valence-corrected chi connectivity index (χ2v) is 9.01. The average Bonchev–Trinajstić information content (AvgIpc) is 3.12. The van der Waals surface area contributed by atoms with Crippen molar-refractivity contribution in [1.29, 1.82) is 0 Å². The molecule has 7 nitrogen and oxygen atoms in total. The number of rotatable bonds is 6. The summed E-state index contributed by atoms with van der Waals surface area (Å²) in [6.07, 6.45) is 2.06. The Hall–Kier alpha value is -2.77. The molecule has 31 heavy (non-hydrogen) atoms. The molecule has 0 spiro atoms. The molecular weight excluding hydrogens is 392 g/mol. The van der Waals surface area contributed by atoms with E-state index in [1.54, 1.807) is 38.1 Å². The Labute approximate surface area is 182 Å². The molecule has 0 saturated carbocycles. The number of aliphatic hydroxyl groups excluding tert-OH is 1. The molecule has 3 heterocycles. The molecule has 1 aromatic carbocycles. The van der Waals surface area contributed by atoms with Crippen molar-refractivity contribution in [2.75, 3.05) is 24.6 Å². The molecule has 0 atom stereocenters. The van der Waals surface area contributed by atoms with Gasteiger partial charge in [0.15, 0.2) is 11.4 Å². The van der Waals surface area contributed by atoms with Crippen LogP contribution in [0.2, 0.25) is 0 Å². The van der Waals surface area contributed by atoms with Crippen LogP contribution in [-0.4, -0.2) is 50.3 Å². The van der Waals surface area contributed by atoms with Crippen LogP contribution in [0.15, 0.2) is 36.4 Å². The van der Waals surface area contributed by atoms with Crippen molar-refractivity contribution in [3.8, 4) is 0 Å². The zero-order chi connectivity index (χ0) is 22.2. The summed E-state index contributed by atoms with van der Waals surface area (Å²) in [5.41, 5.74) is 2.76. The minimum atomic E-state index is -0.938. The van der Waals surface area contributed by atoms with Crippen LogP contribution < -0.4 is 4.90 Å². The van der Waals surface area contributed by atoms with Crippen LogP contribution in [0, 0.1) is 12.8 Å². The third-order valence-corrected chi connectivity index (χ3v) is 6.04. The highest BCUT2D eigenvalue weighted by Gasteiger charge is 2.23. The van der Waals surface area contributed by atoms with Crippen LogP contribution in [0.25, 0.3) is 5.65 Å². The Kier molecular flexibility index (Phi) is 5.81. The van der Waals surface area contributed by atoms with Gasteiger partial charge in [0, 0.05) is 37.4 Å². The van der Waals surface area contributed by atoms with E-state index in [2.05, 4.69) is 15.0 Å². The van der Waals surface area contributed by atoms with E-state index in [4.69, 9.17) is 0 Å². The van der Waals surface area contributed by atoms with E-state index in [-0.39, 0.29) is 18.8 Å². The van der Waals surface area contributed by atoms with Gasteiger partial charge in [-0.15, -0.1) is 0 Å². The molecule has 1 aliphatic rings. The summed E-state index contributed by atoms with van der Waals surface area (Å²) in [5.74, 6) is 1.27. The van der Waals surface area contributed by atoms with E-state index in [0.717, 1.165) is 48.7 Å². The SMILES string of the molecule is Cc1cc2nc(CC(=O)c3ccc(C(C)(C)O)cc3)cc(N3CCC(CO)CC3)n2n1. The molecule has 0 aliphatic carbocycles. The van der Waals surface area contributed by atoms with Gasteiger partial charge in [-0.05, 0) is 45.1 Å². The van der Waals surface area contributed by atoms with E-state index < -0.39 is 5.60 Å². The van der Waals surface area contributed by atoms with E-state index in [1.165, 1.54) is 0 Å². The van der Waals surface area contributed by atoms with E-state index in [9.17, 15) is 15.0 Å². The highest BCUT2D eigenvalue weighted by Crippen LogP contribution is 2.25. The summed E-state index contributed by atoms with van der Waals surface area (Å²) in [5, 5.41) is 24.2. The molecule has 0 bridgehead atoms. The number of aryl methyl sites for hydroxylation is 1. The van der Waals surface area contributed by atoms with Gasteiger partial charge in [-0.2, -0.15) is 9.61 Å². The fourth-order valence-corrected chi connectivity index (χ4v) is 4.11. The van der Waals surface area contributed by atoms with Crippen molar-refractivity contribution in [3.63, 3.8) is 0 Å². The standard InChI is InChI=1S/C24H30N4O3/c1-16-12-22-25-20(13-21(30)18-4-6-19(7-5-18)24(2,3)31)14-23(28(22)26-16)27-10-8-17(15-29)9-11-27/h4-7,12,14,17,29,31H,8-11,13,15H2,1-3H3. The highest BCUT2D eigenvalue weighted by molar-refractivity contribution is 5.97. The first-order valence-corrected chi connectivity index (χ1v) is 10.8. The molecule has 164 valence electrons. The molecule has 0 radical (unpaired) electrons. The molecule has 1 aliphatic heterocycles. The van der Waals surface area contributed by atoms with Gasteiger partial charge in [-0.25, -0.2) is 4.98 Å². The van der Waals surface area contributed by atoms with Gasteiger partial charge in [-0.3, -0.25) is 4.79 Å². The summed E-state index contributed by atoms with van der Waals surface area (Å²) in [7, 11) is 0. The third-order valence-electron chi connectivity index (χ3n) is 6.04. The van der Waals surface area contributed by atoms with Crippen molar-refractivity contribution < 1.29 is 15.0 Å². The molecule has 1 saturated heterocycles. The number of aromatic nitrogens is 3. The third kappa shape index (κ3) is 4.62. The van der Waals surface area contributed by atoms with E-state index in [0.29, 0.717) is 17.2 Å². The van der Waals surface area contributed by atoms with Crippen molar-refractivity contribution in [3.05, 3.63) is 58.9 Å². The molecule has 7 heteroatoms. The van der Waals surface area contributed by atoms with Crippen LogP contribution in [0.4, 0.5) is 5.82 Å². The Balaban J connectivity index is 1.60. The van der Waals surface area contributed by atoms with Crippen LogP contribution in [0.1, 0.15) is 54.0 Å². The van der Waals surface area contributed by atoms with Gasteiger partial charge >= 0.3 is 0 Å². The number of piperidine rings is 1. The normalized spacial score (nSPS) is 15.6. The van der Waals surface area contributed by atoms with Crippen molar-refractivity contribution in [2.45, 2.75) is 45.6 Å². The Morgan fingerprint density at radius 1 is 1.16 bits per heavy atom. The van der Waals surface area contributed by atoms with Gasteiger partial charge in [0.1, 0.15) is 5.82 Å². The van der Waals surface area contributed by atoms with Crippen LogP contribution in [0.5, 0.6) is 0 Å². The number of carbonyl (C=O) groups excluding carboxylic acids is 1. The second-order valence-electron chi connectivity index (χ2n) is 9.01. The van der Waals surface area contributed by atoms with Gasteiger partial charge < -0.3 is 15.1 Å². The van der Waals surface area contributed by atoms with Crippen molar-refractivity contribution in [1.82, 2.24) is 14.6 Å². The number of ketones is 1. The fourth-order valence-electron chi connectivity index (χ4n) is 4.11. The van der Waals surface area contributed by atoms with E-state index in [1.807, 2.05) is 23.6 Å². The summed E-state index contributed by atoms with van der Waals surface area (Å²) in [6.45, 7) is 7.30. The second kappa shape index (κ2) is 8.40. The molecule has 4 rings (SSSR count). The van der Waals surface area contributed by atoms with Crippen LogP contribution in [-0.2, 0) is 12.0 Å². The smallest absolute Gasteiger partial charge is 0.168 e. The Bertz CT molecular complexity index is 1070. The molecule has 0 unspecified atom stereocenters. The first-order chi connectivity index (χ1) is 14.7. The largest absolute Gasteiger partial charge is 0.396 e. The topological polar surface area (TPSA) is 91.0 Å². The highest BCUT2D eigenvalue weighted by atomic mass is 16.3. The Morgan fingerprint density at radius 3 is 2.45 bits per heavy atom. The molecule has 2 N–H and O–H groups in total. The molecule has 0 amide bonds. The monoisotopic (exact) mass is 422 g/mol. The van der Waals surface area contributed by atoms with Gasteiger partial charge in [0.25, 0.3) is 0 Å². The average molecular weight is 423 g/mol. The zero-order valence-corrected chi connectivity index (χ0v) is 18.4. The lowest BCUT2D eigenvalue weighted by Gasteiger charge is -2.32. The quantitative estimate of drug-likeness (QED) is 0.594. The lowest BCUT2D eigenvalue weighted by Crippen LogP contribution is -2.36. The maximum absolute atomic E-state index is 12.9. The predicted molar refractivity (Wildman–Crippen MR) is 119 cm³/mol. The molecule has 2 aromatic heterocycles. The fraction of sp³-hybridized carbons (Fsp3) is 0.458. The number of aliphatic hydroxyl groups is 2. The minimum Gasteiger partial charge on any atom is -0.396 e. The maximum Gasteiger partial charge on any atom is 0.168 e. The number of Topliss-reactive ketones (excluding diaryl/α,β-unsaturated/α-hetero) is 1. The molecule has 3 aromatic rings. The predicted octanol–water partition coefficient (Wildman–Crippen LogP) is 2.90. The van der Waals surface area contributed by atoms with Crippen molar-refractivity contribution >= 4 is 17.2 Å². The van der Waals surface area contributed by atoms with Crippen LogP contribution >= 0.6 is 0 Å². The lowest BCUT2D eigenvalue weighted by molar-refractivity contribution is 0.0784. The summed E-state index contributed by atoms with van der Waals surface area (Å²) in [6, 6.07) is 11.0. The number of hydrogen-bond donors (Lipinski definition) is 2. The Morgan fingerprint density at radius 2 is 1.84 bits per heavy atom. The lowest BCUT2D eigenvalue weighted by atomic mass is 9.96. The van der Waals surface area contributed by atoms with Gasteiger partial charge in [-0.1, -0.05) is 24.3 Å². The van der Waals surface area contributed by atoms with Gasteiger partial charge in [0.2, 0.25) is 0 Å². The van der Waals surface area contributed by atoms with E-state index >= 15 is 0 Å².